The van der Waals surface area contributed by atoms with Gasteiger partial charge in [-0.15, -0.1) is 0 Å². The zero-order chi connectivity index (χ0) is 19.3. The molecular weight excluding hydrogens is 360 g/mol. The van der Waals surface area contributed by atoms with Crippen molar-refractivity contribution >= 4 is 10.0 Å². The topological polar surface area (TPSA) is 58.6 Å². The maximum atomic E-state index is 13.1. The fourth-order valence-electron chi connectivity index (χ4n) is 3.53. The van der Waals surface area contributed by atoms with E-state index in [-0.39, 0.29) is 6.04 Å². The Kier molecular flexibility index (Phi) is 6.65. The summed E-state index contributed by atoms with van der Waals surface area (Å²) in [7, 11) is -3.61. The lowest BCUT2D eigenvalue weighted by molar-refractivity contribution is 0.00776. The quantitative estimate of drug-likeness (QED) is 0.792. The molecule has 0 unspecified atom stereocenters. The SMILES string of the molecule is CC(C)[C@H](CNS(=O)(=O)c1ccccc1-c1ccccc1)N1CCOCC1. The fourth-order valence-corrected chi connectivity index (χ4v) is 4.80. The second-order valence-corrected chi connectivity index (χ2v) is 8.91. The molecule has 1 saturated heterocycles. The van der Waals surface area contributed by atoms with E-state index in [0.717, 1.165) is 24.2 Å². The van der Waals surface area contributed by atoms with E-state index in [1.807, 2.05) is 42.5 Å². The van der Waals surface area contributed by atoms with Crippen molar-refractivity contribution in [3.63, 3.8) is 0 Å². The zero-order valence-electron chi connectivity index (χ0n) is 16.0. The van der Waals surface area contributed by atoms with Gasteiger partial charge in [-0.25, -0.2) is 13.1 Å². The van der Waals surface area contributed by atoms with Crippen LogP contribution in [-0.2, 0) is 14.8 Å². The summed E-state index contributed by atoms with van der Waals surface area (Å²) in [6.07, 6.45) is 0. The normalized spacial score (nSPS) is 17.1. The molecule has 146 valence electrons. The first-order chi connectivity index (χ1) is 13.0. The summed E-state index contributed by atoms with van der Waals surface area (Å²) >= 11 is 0. The molecule has 2 aromatic rings. The van der Waals surface area contributed by atoms with Gasteiger partial charge in [0.2, 0.25) is 10.0 Å². The summed E-state index contributed by atoms with van der Waals surface area (Å²) < 4.78 is 34.4. The Hall–Kier alpha value is -1.73. The van der Waals surface area contributed by atoms with Gasteiger partial charge in [0.15, 0.2) is 0 Å². The highest BCUT2D eigenvalue weighted by molar-refractivity contribution is 7.89. The van der Waals surface area contributed by atoms with Crippen molar-refractivity contribution in [1.82, 2.24) is 9.62 Å². The second kappa shape index (κ2) is 8.97. The van der Waals surface area contributed by atoms with Crippen molar-refractivity contribution in [2.45, 2.75) is 24.8 Å². The molecule has 1 atom stereocenters. The molecule has 0 aromatic heterocycles. The van der Waals surface area contributed by atoms with Crippen LogP contribution in [0.1, 0.15) is 13.8 Å². The van der Waals surface area contributed by atoms with Crippen LogP contribution in [0.25, 0.3) is 11.1 Å². The monoisotopic (exact) mass is 388 g/mol. The number of morpholine rings is 1. The zero-order valence-corrected chi connectivity index (χ0v) is 16.8. The van der Waals surface area contributed by atoms with Crippen molar-refractivity contribution in [2.75, 3.05) is 32.8 Å². The molecule has 1 aliphatic heterocycles. The average molecular weight is 389 g/mol. The van der Waals surface area contributed by atoms with Crippen LogP contribution in [0.4, 0.5) is 0 Å². The number of nitrogens with one attached hydrogen (secondary N) is 1. The van der Waals surface area contributed by atoms with E-state index in [1.54, 1.807) is 12.1 Å². The maximum Gasteiger partial charge on any atom is 0.241 e. The molecule has 0 amide bonds. The Morgan fingerprint density at radius 1 is 1.00 bits per heavy atom. The predicted octanol–water partition coefficient (Wildman–Crippen LogP) is 2.99. The van der Waals surface area contributed by atoms with Gasteiger partial charge in [0.25, 0.3) is 0 Å². The molecule has 0 saturated carbocycles. The Morgan fingerprint density at radius 2 is 1.63 bits per heavy atom. The summed E-state index contributed by atoms with van der Waals surface area (Å²) in [5.41, 5.74) is 1.62. The van der Waals surface area contributed by atoms with Crippen LogP contribution >= 0.6 is 0 Å². The first kappa shape index (κ1) is 20.0. The third-order valence-corrected chi connectivity index (χ3v) is 6.51. The van der Waals surface area contributed by atoms with Crippen LogP contribution in [0.5, 0.6) is 0 Å². The summed E-state index contributed by atoms with van der Waals surface area (Å²) in [6, 6.07) is 16.9. The molecule has 1 heterocycles. The van der Waals surface area contributed by atoms with Gasteiger partial charge in [0.05, 0.1) is 18.1 Å². The van der Waals surface area contributed by atoms with Crippen LogP contribution in [-0.4, -0.2) is 52.2 Å². The van der Waals surface area contributed by atoms with Gasteiger partial charge in [-0.2, -0.15) is 0 Å². The van der Waals surface area contributed by atoms with Crippen LogP contribution in [0.15, 0.2) is 59.5 Å². The van der Waals surface area contributed by atoms with Crippen molar-refractivity contribution in [2.24, 2.45) is 5.92 Å². The van der Waals surface area contributed by atoms with Crippen molar-refractivity contribution in [1.29, 1.82) is 0 Å². The number of benzene rings is 2. The lowest BCUT2D eigenvalue weighted by atomic mass is 10.0. The highest BCUT2D eigenvalue weighted by Crippen LogP contribution is 2.27. The van der Waals surface area contributed by atoms with Gasteiger partial charge in [-0.05, 0) is 17.5 Å². The van der Waals surface area contributed by atoms with Crippen LogP contribution in [0.3, 0.4) is 0 Å². The largest absolute Gasteiger partial charge is 0.379 e. The number of hydrogen-bond donors (Lipinski definition) is 1. The van der Waals surface area contributed by atoms with Gasteiger partial charge in [0.1, 0.15) is 0 Å². The number of sulfonamides is 1. The molecule has 5 nitrogen and oxygen atoms in total. The van der Waals surface area contributed by atoms with E-state index in [2.05, 4.69) is 23.5 Å². The molecule has 2 aromatic carbocycles. The smallest absolute Gasteiger partial charge is 0.241 e. The van der Waals surface area contributed by atoms with Gasteiger partial charge in [-0.1, -0.05) is 62.4 Å². The van der Waals surface area contributed by atoms with Crippen molar-refractivity contribution < 1.29 is 13.2 Å². The number of nitrogens with zero attached hydrogens (tertiary/aromatic N) is 1. The van der Waals surface area contributed by atoms with Crippen LogP contribution in [0, 0.1) is 5.92 Å². The highest BCUT2D eigenvalue weighted by Gasteiger charge is 2.26. The molecular formula is C21H28N2O3S. The molecule has 1 N–H and O–H groups in total. The van der Waals surface area contributed by atoms with Gasteiger partial charge in [-0.3, -0.25) is 4.90 Å². The molecule has 0 spiro atoms. The van der Waals surface area contributed by atoms with Crippen LogP contribution in [0.2, 0.25) is 0 Å². The van der Waals surface area contributed by atoms with Gasteiger partial charge in [0, 0.05) is 31.2 Å². The number of ether oxygens (including phenoxy) is 1. The molecule has 1 aliphatic rings. The van der Waals surface area contributed by atoms with E-state index in [0.29, 0.717) is 30.6 Å². The Labute approximate surface area is 162 Å². The minimum absolute atomic E-state index is 0.146. The predicted molar refractivity (Wildman–Crippen MR) is 108 cm³/mol. The van der Waals surface area contributed by atoms with Crippen molar-refractivity contribution in [3.8, 4) is 11.1 Å². The van der Waals surface area contributed by atoms with Gasteiger partial charge >= 0.3 is 0 Å². The van der Waals surface area contributed by atoms with Gasteiger partial charge < -0.3 is 4.74 Å². The van der Waals surface area contributed by atoms with E-state index in [4.69, 9.17) is 4.74 Å². The average Bonchev–Trinajstić information content (AvgIpc) is 2.69. The third kappa shape index (κ3) is 4.96. The first-order valence-electron chi connectivity index (χ1n) is 9.45. The number of hydrogen-bond acceptors (Lipinski definition) is 4. The van der Waals surface area contributed by atoms with Crippen LogP contribution < -0.4 is 4.72 Å². The van der Waals surface area contributed by atoms with E-state index in [9.17, 15) is 8.42 Å². The fraction of sp³-hybridized carbons (Fsp3) is 0.429. The molecule has 6 heteroatoms. The Balaban J connectivity index is 1.81. The minimum atomic E-state index is -3.61. The lowest BCUT2D eigenvalue weighted by Crippen LogP contribution is -2.51. The van der Waals surface area contributed by atoms with E-state index in [1.165, 1.54) is 0 Å². The summed E-state index contributed by atoms with van der Waals surface area (Å²) in [6.45, 7) is 7.73. The Morgan fingerprint density at radius 3 is 2.30 bits per heavy atom. The Bertz CT molecular complexity index is 832. The second-order valence-electron chi connectivity index (χ2n) is 7.17. The van der Waals surface area contributed by atoms with E-state index >= 15 is 0 Å². The lowest BCUT2D eigenvalue weighted by Gasteiger charge is -2.36. The molecule has 0 aliphatic carbocycles. The summed E-state index contributed by atoms with van der Waals surface area (Å²) in [5.74, 6) is 0.343. The standard InChI is InChI=1S/C21H28N2O3S/c1-17(2)20(23-12-14-26-15-13-23)16-22-27(24,25)21-11-7-6-10-19(21)18-8-4-3-5-9-18/h3-11,17,20,22H,12-16H2,1-2H3/t20-/m0/s1. The molecule has 0 bridgehead atoms. The third-order valence-electron chi connectivity index (χ3n) is 5.03. The maximum absolute atomic E-state index is 13.1. The molecule has 0 radical (unpaired) electrons. The van der Waals surface area contributed by atoms with E-state index < -0.39 is 10.0 Å². The number of rotatable bonds is 7. The first-order valence-corrected chi connectivity index (χ1v) is 10.9. The molecule has 27 heavy (non-hydrogen) atoms. The molecule has 1 fully saturated rings. The highest BCUT2D eigenvalue weighted by atomic mass is 32.2. The van der Waals surface area contributed by atoms with Crippen molar-refractivity contribution in [3.05, 3.63) is 54.6 Å². The molecule has 3 rings (SSSR count). The summed E-state index contributed by atoms with van der Waals surface area (Å²) in [4.78, 5) is 2.64. The minimum Gasteiger partial charge on any atom is -0.379 e. The summed E-state index contributed by atoms with van der Waals surface area (Å²) in [5, 5.41) is 0.